The standard InChI is InChI=1S/C16H21F3/c1-2-3-4-5-13-11-14(13)10-12-6-8-15(9-7-12)16(17,18)19/h6-9,13-14H,2-5,10-11H2,1H3/t13-,14-/m1/s1. The van der Waals surface area contributed by atoms with Crippen molar-refractivity contribution < 1.29 is 13.2 Å². The fourth-order valence-electron chi connectivity index (χ4n) is 2.70. The molecule has 0 bridgehead atoms. The zero-order valence-electron chi connectivity index (χ0n) is 11.3. The van der Waals surface area contributed by atoms with Crippen LogP contribution in [0.3, 0.4) is 0 Å². The summed E-state index contributed by atoms with van der Waals surface area (Å²) in [4.78, 5) is 0. The maximum atomic E-state index is 12.4. The Labute approximate surface area is 113 Å². The molecule has 0 aromatic heterocycles. The van der Waals surface area contributed by atoms with E-state index < -0.39 is 11.7 Å². The summed E-state index contributed by atoms with van der Waals surface area (Å²) in [5, 5.41) is 0. The lowest BCUT2D eigenvalue weighted by Gasteiger charge is -2.07. The van der Waals surface area contributed by atoms with Crippen molar-refractivity contribution in [1.82, 2.24) is 0 Å². The van der Waals surface area contributed by atoms with Gasteiger partial charge in [-0.15, -0.1) is 0 Å². The van der Waals surface area contributed by atoms with Gasteiger partial charge in [-0.3, -0.25) is 0 Å². The molecule has 19 heavy (non-hydrogen) atoms. The van der Waals surface area contributed by atoms with Crippen LogP contribution < -0.4 is 0 Å². The minimum Gasteiger partial charge on any atom is -0.166 e. The van der Waals surface area contributed by atoms with E-state index in [0.29, 0.717) is 5.92 Å². The molecular formula is C16H21F3. The third kappa shape index (κ3) is 4.26. The van der Waals surface area contributed by atoms with E-state index in [9.17, 15) is 13.2 Å². The van der Waals surface area contributed by atoms with E-state index in [4.69, 9.17) is 0 Å². The van der Waals surface area contributed by atoms with E-state index in [0.717, 1.165) is 17.9 Å². The number of halogens is 3. The fourth-order valence-corrected chi connectivity index (χ4v) is 2.70. The Morgan fingerprint density at radius 2 is 1.74 bits per heavy atom. The number of alkyl halides is 3. The van der Waals surface area contributed by atoms with E-state index in [1.54, 1.807) is 12.1 Å². The molecule has 0 aliphatic heterocycles. The highest BCUT2D eigenvalue weighted by atomic mass is 19.4. The molecule has 0 radical (unpaired) electrons. The molecule has 2 atom stereocenters. The van der Waals surface area contributed by atoms with Crippen LogP contribution in [-0.4, -0.2) is 0 Å². The summed E-state index contributed by atoms with van der Waals surface area (Å²) in [5.74, 6) is 1.52. The largest absolute Gasteiger partial charge is 0.416 e. The third-order valence-electron chi connectivity index (χ3n) is 4.03. The zero-order chi connectivity index (χ0) is 13.9. The number of hydrogen-bond acceptors (Lipinski definition) is 0. The van der Waals surface area contributed by atoms with Crippen LogP contribution in [0.5, 0.6) is 0 Å². The van der Waals surface area contributed by atoms with Gasteiger partial charge in [0.15, 0.2) is 0 Å². The predicted molar refractivity (Wildman–Crippen MR) is 70.9 cm³/mol. The molecule has 0 saturated heterocycles. The lowest BCUT2D eigenvalue weighted by Crippen LogP contribution is -2.04. The molecule has 2 rings (SSSR count). The van der Waals surface area contributed by atoms with Gasteiger partial charge >= 0.3 is 6.18 Å². The highest BCUT2D eigenvalue weighted by molar-refractivity contribution is 5.25. The molecule has 1 fully saturated rings. The van der Waals surface area contributed by atoms with Crippen LogP contribution in [0.15, 0.2) is 24.3 Å². The molecule has 106 valence electrons. The minimum absolute atomic E-state index is 0.549. The topological polar surface area (TPSA) is 0 Å². The van der Waals surface area contributed by atoms with Gasteiger partial charge in [0.25, 0.3) is 0 Å². The molecule has 1 aliphatic carbocycles. The van der Waals surface area contributed by atoms with E-state index in [2.05, 4.69) is 6.92 Å². The second kappa shape index (κ2) is 5.98. The van der Waals surface area contributed by atoms with E-state index in [-0.39, 0.29) is 0 Å². The second-order valence-electron chi connectivity index (χ2n) is 5.65. The molecule has 0 heterocycles. The molecular weight excluding hydrogens is 249 g/mol. The monoisotopic (exact) mass is 270 g/mol. The summed E-state index contributed by atoms with van der Waals surface area (Å²) >= 11 is 0. The summed E-state index contributed by atoms with van der Waals surface area (Å²) in [6.07, 6.45) is 3.10. The van der Waals surface area contributed by atoms with Crippen molar-refractivity contribution in [3.8, 4) is 0 Å². The maximum Gasteiger partial charge on any atom is 0.416 e. The Bertz CT molecular complexity index is 391. The Balaban J connectivity index is 1.79. The summed E-state index contributed by atoms with van der Waals surface area (Å²) in [6, 6.07) is 5.65. The molecule has 1 aliphatic rings. The number of hydrogen-bond donors (Lipinski definition) is 0. The Kier molecular flexibility index (Phi) is 4.54. The van der Waals surface area contributed by atoms with E-state index >= 15 is 0 Å². The van der Waals surface area contributed by atoms with Crippen molar-refractivity contribution in [3.63, 3.8) is 0 Å². The van der Waals surface area contributed by atoms with Gasteiger partial charge in [0.05, 0.1) is 5.56 Å². The van der Waals surface area contributed by atoms with E-state index in [1.165, 1.54) is 44.2 Å². The molecule has 0 N–H and O–H groups in total. The number of rotatable bonds is 6. The summed E-state index contributed by atoms with van der Waals surface area (Å²) in [5.41, 5.74) is 0.488. The van der Waals surface area contributed by atoms with Gasteiger partial charge in [-0.1, -0.05) is 44.7 Å². The van der Waals surface area contributed by atoms with Crippen LogP contribution in [0, 0.1) is 11.8 Å². The van der Waals surface area contributed by atoms with Crippen LogP contribution in [0.25, 0.3) is 0 Å². The van der Waals surface area contributed by atoms with Crippen molar-refractivity contribution in [3.05, 3.63) is 35.4 Å². The van der Waals surface area contributed by atoms with Crippen molar-refractivity contribution in [1.29, 1.82) is 0 Å². The maximum absolute atomic E-state index is 12.4. The molecule has 0 spiro atoms. The zero-order valence-corrected chi connectivity index (χ0v) is 11.3. The lowest BCUT2D eigenvalue weighted by molar-refractivity contribution is -0.137. The van der Waals surface area contributed by atoms with Crippen molar-refractivity contribution in [2.75, 3.05) is 0 Å². The Hall–Kier alpha value is -0.990. The van der Waals surface area contributed by atoms with Gasteiger partial charge in [0.2, 0.25) is 0 Å². The van der Waals surface area contributed by atoms with Crippen LogP contribution in [0.2, 0.25) is 0 Å². The number of benzene rings is 1. The normalized spacial score (nSPS) is 22.5. The SMILES string of the molecule is CCCCC[C@@H]1C[C@H]1Cc1ccc(C(F)(F)F)cc1. The summed E-state index contributed by atoms with van der Waals surface area (Å²) in [7, 11) is 0. The first-order valence-electron chi connectivity index (χ1n) is 7.17. The van der Waals surface area contributed by atoms with Crippen LogP contribution in [0.4, 0.5) is 13.2 Å². The molecule has 3 heteroatoms. The smallest absolute Gasteiger partial charge is 0.166 e. The number of unbranched alkanes of at least 4 members (excludes halogenated alkanes) is 2. The predicted octanol–water partition coefficient (Wildman–Crippen LogP) is 5.46. The third-order valence-corrected chi connectivity index (χ3v) is 4.03. The van der Waals surface area contributed by atoms with Gasteiger partial charge in [-0.05, 0) is 42.4 Å². The van der Waals surface area contributed by atoms with Crippen LogP contribution in [-0.2, 0) is 12.6 Å². The first kappa shape index (κ1) is 14.4. The first-order chi connectivity index (χ1) is 9.00. The average Bonchev–Trinajstić information content (AvgIpc) is 3.07. The fraction of sp³-hybridized carbons (Fsp3) is 0.625. The molecule has 0 unspecified atom stereocenters. The van der Waals surface area contributed by atoms with E-state index in [1.807, 2.05) is 0 Å². The highest BCUT2D eigenvalue weighted by Crippen LogP contribution is 2.44. The van der Waals surface area contributed by atoms with Crippen molar-refractivity contribution in [2.45, 2.75) is 51.6 Å². The summed E-state index contributed by atoms with van der Waals surface area (Å²) in [6.45, 7) is 2.20. The molecule has 1 saturated carbocycles. The first-order valence-corrected chi connectivity index (χ1v) is 7.17. The Morgan fingerprint density at radius 3 is 2.32 bits per heavy atom. The van der Waals surface area contributed by atoms with Gasteiger partial charge < -0.3 is 0 Å². The van der Waals surface area contributed by atoms with Crippen LogP contribution >= 0.6 is 0 Å². The highest BCUT2D eigenvalue weighted by Gasteiger charge is 2.36. The second-order valence-corrected chi connectivity index (χ2v) is 5.65. The molecule has 0 amide bonds. The quantitative estimate of drug-likeness (QED) is 0.602. The van der Waals surface area contributed by atoms with Gasteiger partial charge in [-0.25, -0.2) is 0 Å². The van der Waals surface area contributed by atoms with Crippen LogP contribution in [0.1, 0.15) is 50.2 Å². The summed E-state index contributed by atoms with van der Waals surface area (Å²) < 4.78 is 37.3. The van der Waals surface area contributed by atoms with Gasteiger partial charge in [0, 0.05) is 0 Å². The van der Waals surface area contributed by atoms with Crippen molar-refractivity contribution >= 4 is 0 Å². The molecule has 0 nitrogen and oxygen atoms in total. The van der Waals surface area contributed by atoms with Crippen molar-refractivity contribution in [2.24, 2.45) is 11.8 Å². The minimum atomic E-state index is -4.22. The van der Waals surface area contributed by atoms with Gasteiger partial charge in [0.1, 0.15) is 0 Å². The Morgan fingerprint density at radius 1 is 1.05 bits per heavy atom. The van der Waals surface area contributed by atoms with Gasteiger partial charge in [-0.2, -0.15) is 13.2 Å². The average molecular weight is 270 g/mol. The molecule has 1 aromatic rings. The lowest BCUT2D eigenvalue weighted by atomic mass is 10.0. The molecule has 1 aromatic carbocycles.